The molecule has 2 heterocycles. The van der Waals surface area contributed by atoms with Crippen molar-refractivity contribution in [3.05, 3.63) is 59.7 Å². The summed E-state index contributed by atoms with van der Waals surface area (Å²) in [7, 11) is 1.58. The van der Waals surface area contributed by atoms with Crippen LogP contribution in [0.2, 0.25) is 0 Å². The van der Waals surface area contributed by atoms with Crippen LogP contribution in [0.5, 0.6) is 11.5 Å². The SMILES string of the molecule is COc1ccc2c(c1)OC1(OC1c1ccccc1)C2=O. The van der Waals surface area contributed by atoms with E-state index in [1.807, 2.05) is 30.3 Å². The monoisotopic (exact) mass is 268 g/mol. The predicted molar refractivity (Wildman–Crippen MR) is 71.0 cm³/mol. The van der Waals surface area contributed by atoms with Gasteiger partial charge in [-0.15, -0.1) is 0 Å². The lowest BCUT2D eigenvalue weighted by molar-refractivity contribution is 0.0537. The van der Waals surface area contributed by atoms with Crippen molar-refractivity contribution in [2.75, 3.05) is 7.11 Å². The molecule has 1 saturated heterocycles. The Labute approximate surface area is 115 Å². The van der Waals surface area contributed by atoms with Crippen molar-refractivity contribution < 1.29 is 19.0 Å². The number of fused-ring (bicyclic) bond motifs is 1. The summed E-state index contributed by atoms with van der Waals surface area (Å²) in [5.74, 6) is -0.113. The van der Waals surface area contributed by atoms with Crippen LogP contribution in [-0.4, -0.2) is 18.7 Å². The van der Waals surface area contributed by atoms with Crippen LogP contribution < -0.4 is 9.47 Å². The third-order valence-electron chi connectivity index (χ3n) is 3.69. The molecule has 0 aromatic heterocycles. The molecule has 1 spiro atoms. The molecule has 2 unspecified atom stereocenters. The normalized spacial score (nSPS) is 26.2. The Balaban J connectivity index is 1.70. The number of ether oxygens (including phenoxy) is 3. The van der Waals surface area contributed by atoms with E-state index >= 15 is 0 Å². The summed E-state index contributed by atoms with van der Waals surface area (Å²) >= 11 is 0. The molecular weight excluding hydrogens is 256 g/mol. The minimum absolute atomic E-state index is 0.121. The molecule has 0 bridgehead atoms. The smallest absolute Gasteiger partial charge is 0.307 e. The van der Waals surface area contributed by atoms with E-state index < -0.39 is 5.79 Å². The molecule has 0 radical (unpaired) electrons. The maximum Gasteiger partial charge on any atom is 0.307 e. The van der Waals surface area contributed by atoms with Gasteiger partial charge in [0.2, 0.25) is 5.78 Å². The van der Waals surface area contributed by atoms with E-state index in [-0.39, 0.29) is 11.9 Å². The first-order chi connectivity index (χ1) is 9.74. The van der Waals surface area contributed by atoms with Gasteiger partial charge in [-0.05, 0) is 17.7 Å². The molecule has 4 nitrogen and oxygen atoms in total. The number of carbonyl (C=O) groups excluding carboxylic acids is 1. The Morgan fingerprint density at radius 2 is 1.95 bits per heavy atom. The first-order valence-corrected chi connectivity index (χ1v) is 6.39. The van der Waals surface area contributed by atoms with Gasteiger partial charge in [-0.2, -0.15) is 0 Å². The van der Waals surface area contributed by atoms with E-state index in [4.69, 9.17) is 14.2 Å². The van der Waals surface area contributed by atoms with Crippen molar-refractivity contribution in [1.29, 1.82) is 0 Å². The number of ketones is 1. The molecule has 0 N–H and O–H groups in total. The zero-order valence-electron chi connectivity index (χ0n) is 10.8. The van der Waals surface area contributed by atoms with Crippen LogP contribution in [0.3, 0.4) is 0 Å². The lowest BCUT2D eigenvalue weighted by Crippen LogP contribution is -2.25. The largest absolute Gasteiger partial charge is 0.497 e. The number of carbonyl (C=O) groups is 1. The molecular formula is C16H12O4. The molecule has 0 amide bonds. The van der Waals surface area contributed by atoms with E-state index in [9.17, 15) is 4.79 Å². The third-order valence-corrected chi connectivity index (χ3v) is 3.69. The van der Waals surface area contributed by atoms with E-state index in [1.165, 1.54) is 0 Å². The van der Waals surface area contributed by atoms with Crippen LogP contribution in [0.15, 0.2) is 48.5 Å². The Hall–Kier alpha value is -2.33. The van der Waals surface area contributed by atoms with E-state index in [0.29, 0.717) is 17.1 Å². The molecule has 2 aliphatic heterocycles. The molecule has 2 aliphatic rings. The Bertz CT molecular complexity index is 695. The second-order valence-electron chi connectivity index (χ2n) is 4.87. The summed E-state index contributed by atoms with van der Waals surface area (Å²) in [6.07, 6.45) is -0.338. The van der Waals surface area contributed by atoms with Crippen LogP contribution in [0, 0.1) is 0 Å². The zero-order chi connectivity index (χ0) is 13.7. The number of methoxy groups -OCH3 is 1. The fourth-order valence-electron chi connectivity index (χ4n) is 2.61. The maximum atomic E-state index is 12.5. The molecule has 0 saturated carbocycles. The molecule has 20 heavy (non-hydrogen) atoms. The summed E-state index contributed by atoms with van der Waals surface area (Å²) in [6, 6.07) is 14.8. The predicted octanol–water partition coefficient (Wildman–Crippen LogP) is 2.74. The van der Waals surface area contributed by atoms with Crippen LogP contribution in [-0.2, 0) is 4.74 Å². The van der Waals surface area contributed by atoms with Crippen LogP contribution >= 0.6 is 0 Å². The average molecular weight is 268 g/mol. The van der Waals surface area contributed by atoms with Gasteiger partial charge >= 0.3 is 5.79 Å². The van der Waals surface area contributed by atoms with Gasteiger partial charge < -0.3 is 14.2 Å². The van der Waals surface area contributed by atoms with Gasteiger partial charge in [0.25, 0.3) is 0 Å². The number of hydrogen-bond acceptors (Lipinski definition) is 4. The van der Waals surface area contributed by atoms with Crippen molar-refractivity contribution in [2.24, 2.45) is 0 Å². The highest BCUT2D eigenvalue weighted by atomic mass is 16.8. The molecule has 2 aromatic rings. The lowest BCUT2D eigenvalue weighted by Gasteiger charge is -2.04. The number of hydrogen-bond donors (Lipinski definition) is 0. The molecule has 4 heteroatoms. The highest BCUT2D eigenvalue weighted by Gasteiger charge is 2.69. The van der Waals surface area contributed by atoms with Crippen LogP contribution in [0.25, 0.3) is 0 Å². The van der Waals surface area contributed by atoms with Crippen LogP contribution in [0.1, 0.15) is 22.0 Å². The zero-order valence-corrected chi connectivity index (χ0v) is 10.8. The van der Waals surface area contributed by atoms with E-state index in [2.05, 4.69) is 0 Å². The van der Waals surface area contributed by atoms with Gasteiger partial charge in [0.1, 0.15) is 11.5 Å². The quantitative estimate of drug-likeness (QED) is 0.786. The van der Waals surface area contributed by atoms with Gasteiger partial charge in [0, 0.05) is 6.07 Å². The number of epoxide rings is 1. The van der Waals surface area contributed by atoms with Crippen LogP contribution in [0.4, 0.5) is 0 Å². The van der Waals surface area contributed by atoms with Gasteiger partial charge in [-0.3, -0.25) is 4.79 Å². The first kappa shape index (κ1) is 11.5. The third kappa shape index (κ3) is 1.42. The second kappa shape index (κ2) is 3.84. The first-order valence-electron chi connectivity index (χ1n) is 6.39. The standard InChI is InChI=1S/C16H12O4/c1-18-11-7-8-12-13(9-11)19-16(14(12)17)15(20-16)10-5-3-2-4-6-10/h2-9,15H,1H3. The summed E-state index contributed by atoms with van der Waals surface area (Å²) < 4.78 is 16.5. The number of benzene rings is 2. The minimum Gasteiger partial charge on any atom is -0.497 e. The lowest BCUT2D eigenvalue weighted by atomic mass is 10.0. The summed E-state index contributed by atoms with van der Waals surface area (Å²) in [6.45, 7) is 0. The van der Waals surface area contributed by atoms with Gasteiger partial charge in [-0.25, -0.2) is 0 Å². The summed E-state index contributed by atoms with van der Waals surface area (Å²) in [5, 5.41) is 0. The molecule has 2 atom stereocenters. The van der Waals surface area contributed by atoms with Gasteiger partial charge in [-0.1, -0.05) is 30.3 Å². The van der Waals surface area contributed by atoms with E-state index in [0.717, 1.165) is 5.56 Å². The van der Waals surface area contributed by atoms with E-state index in [1.54, 1.807) is 25.3 Å². The Morgan fingerprint density at radius 3 is 2.70 bits per heavy atom. The molecule has 4 rings (SSSR count). The second-order valence-corrected chi connectivity index (χ2v) is 4.87. The van der Waals surface area contributed by atoms with Crippen molar-refractivity contribution in [3.8, 4) is 11.5 Å². The van der Waals surface area contributed by atoms with Crippen molar-refractivity contribution in [3.63, 3.8) is 0 Å². The molecule has 100 valence electrons. The Morgan fingerprint density at radius 1 is 1.15 bits per heavy atom. The fraction of sp³-hybridized carbons (Fsp3) is 0.188. The van der Waals surface area contributed by atoms with Gasteiger partial charge in [0.15, 0.2) is 6.10 Å². The maximum absolute atomic E-state index is 12.5. The average Bonchev–Trinajstić information content (AvgIpc) is 3.15. The highest BCUT2D eigenvalue weighted by molar-refractivity contribution is 6.08. The molecule has 0 aliphatic carbocycles. The molecule has 1 fully saturated rings. The number of rotatable bonds is 2. The van der Waals surface area contributed by atoms with Crippen molar-refractivity contribution in [2.45, 2.75) is 11.9 Å². The fourth-order valence-corrected chi connectivity index (χ4v) is 2.61. The molecule has 2 aromatic carbocycles. The Kier molecular flexibility index (Phi) is 2.20. The summed E-state index contributed by atoms with van der Waals surface area (Å²) in [4.78, 5) is 12.5. The highest BCUT2D eigenvalue weighted by Crippen LogP contribution is 2.57. The number of Topliss-reactive ketones (excluding diaryl/α,β-unsaturated/α-hetero) is 1. The van der Waals surface area contributed by atoms with Crippen molar-refractivity contribution in [1.82, 2.24) is 0 Å². The summed E-state index contributed by atoms with van der Waals surface area (Å²) in [5.41, 5.74) is 1.49. The van der Waals surface area contributed by atoms with Gasteiger partial charge in [0.05, 0.1) is 12.7 Å². The topological polar surface area (TPSA) is 48.1 Å². The minimum atomic E-state index is -1.17. The van der Waals surface area contributed by atoms with Crippen molar-refractivity contribution >= 4 is 5.78 Å².